The van der Waals surface area contributed by atoms with Gasteiger partial charge in [0.2, 0.25) is 0 Å². The molecule has 1 saturated carbocycles. The third-order valence-electron chi connectivity index (χ3n) is 3.92. The van der Waals surface area contributed by atoms with Crippen molar-refractivity contribution in [3.8, 4) is 0 Å². The maximum absolute atomic E-state index is 5.67. The summed E-state index contributed by atoms with van der Waals surface area (Å²) in [5.41, 5.74) is 0. The van der Waals surface area contributed by atoms with E-state index in [2.05, 4.69) is 11.6 Å². The van der Waals surface area contributed by atoms with Gasteiger partial charge in [0.05, 0.1) is 19.3 Å². The summed E-state index contributed by atoms with van der Waals surface area (Å²) in [5.74, 6) is -0.400. The van der Waals surface area contributed by atoms with Crippen molar-refractivity contribution in [1.29, 1.82) is 0 Å². The molecule has 0 amide bonds. The van der Waals surface area contributed by atoms with Gasteiger partial charge in [-0.25, -0.2) is 0 Å². The van der Waals surface area contributed by atoms with Crippen LogP contribution in [0.25, 0.3) is 0 Å². The number of hydrogen-bond acceptors (Lipinski definition) is 4. The molecule has 3 nitrogen and oxygen atoms in total. The fraction of sp³-hybridized carbons (Fsp3) is 1.00. The Labute approximate surface area is 109 Å². The van der Waals surface area contributed by atoms with E-state index in [0.717, 1.165) is 19.8 Å². The van der Waals surface area contributed by atoms with Crippen LogP contribution in [0.4, 0.5) is 0 Å². The predicted molar refractivity (Wildman–Crippen MR) is 72.5 cm³/mol. The van der Waals surface area contributed by atoms with Gasteiger partial charge in [0, 0.05) is 11.3 Å². The van der Waals surface area contributed by atoms with E-state index in [-0.39, 0.29) is 0 Å². The van der Waals surface area contributed by atoms with Crippen LogP contribution in [0.2, 0.25) is 0 Å². The fourth-order valence-corrected chi connectivity index (χ4v) is 3.54. The summed E-state index contributed by atoms with van der Waals surface area (Å²) >= 11 is 2.02. The van der Waals surface area contributed by atoms with Crippen LogP contribution in [0.15, 0.2) is 0 Å². The average Bonchev–Trinajstić information content (AvgIpc) is 2.77. The molecule has 1 N–H and O–H groups in total. The molecule has 0 aromatic rings. The van der Waals surface area contributed by atoms with Crippen molar-refractivity contribution in [2.45, 2.75) is 56.1 Å². The van der Waals surface area contributed by atoms with Crippen molar-refractivity contribution in [1.82, 2.24) is 5.32 Å². The normalized spacial score (nSPS) is 28.4. The minimum absolute atomic E-state index is 0.354. The van der Waals surface area contributed by atoms with Crippen LogP contribution in [0.5, 0.6) is 0 Å². The Balaban J connectivity index is 1.75. The standard InChI is InChI=1S/C13H25NO2S/c1-12(2)15-8-11(9-16-12)14-10-13(17-3)6-4-5-7-13/h11,14H,4-10H2,1-3H3. The largest absolute Gasteiger partial charge is 0.349 e. The zero-order chi connectivity index (χ0) is 12.4. The van der Waals surface area contributed by atoms with Crippen LogP contribution in [0, 0.1) is 0 Å². The van der Waals surface area contributed by atoms with Crippen LogP contribution >= 0.6 is 11.8 Å². The Bertz CT molecular complexity index is 242. The highest BCUT2D eigenvalue weighted by atomic mass is 32.2. The van der Waals surface area contributed by atoms with Crippen LogP contribution < -0.4 is 5.32 Å². The Hall–Kier alpha value is 0.230. The van der Waals surface area contributed by atoms with Crippen molar-refractivity contribution in [2.75, 3.05) is 26.0 Å². The van der Waals surface area contributed by atoms with E-state index in [1.165, 1.54) is 25.7 Å². The molecule has 0 aromatic heterocycles. The zero-order valence-corrected chi connectivity index (χ0v) is 12.1. The first-order valence-electron chi connectivity index (χ1n) is 6.62. The SMILES string of the molecule is CSC1(CNC2COC(C)(C)OC2)CCCC1. The lowest BCUT2D eigenvalue weighted by atomic mass is 10.1. The van der Waals surface area contributed by atoms with Crippen molar-refractivity contribution >= 4 is 11.8 Å². The molecule has 0 bridgehead atoms. The van der Waals surface area contributed by atoms with Crippen LogP contribution in [0.1, 0.15) is 39.5 Å². The molecule has 0 atom stereocenters. The average molecular weight is 259 g/mol. The Morgan fingerprint density at radius 2 is 1.76 bits per heavy atom. The van der Waals surface area contributed by atoms with Gasteiger partial charge in [-0.2, -0.15) is 11.8 Å². The second kappa shape index (κ2) is 5.47. The molecule has 2 aliphatic rings. The topological polar surface area (TPSA) is 30.5 Å². The first-order valence-corrected chi connectivity index (χ1v) is 7.84. The number of hydrogen-bond donors (Lipinski definition) is 1. The van der Waals surface area contributed by atoms with E-state index in [0.29, 0.717) is 10.8 Å². The molecule has 1 heterocycles. The van der Waals surface area contributed by atoms with Crippen molar-refractivity contribution in [2.24, 2.45) is 0 Å². The third-order valence-corrected chi connectivity index (χ3v) is 5.34. The lowest BCUT2D eigenvalue weighted by Crippen LogP contribution is -2.51. The van der Waals surface area contributed by atoms with Crippen molar-refractivity contribution in [3.05, 3.63) is 0 Å². The van der Waals surface area contributed by atoms with E-state index >= 15 is 0 Å². The van der Waals surface area contributed by atoms with Crippen molar-refractivity contribution in [3.63, 3.8) is 0 Å². The fourth-order valence-electron chi connectivity index (χ4n) is 2.61. The summed E-state index contributed by atoms with van der Waals surface area (Å²) in [6.07, 6.45) is 7.70. The maximum Gasteiger partial charge on any atom is 0.162 e. The van der Waals surface area contributed by atoms with Gasteiger partial charge in [0.1, 0.15) is 0 Å². The van der Waals surface area contributed by atoms with Gasteiger partial charge < -0.3 is 14.8 Å². The van der Waals surface area contributed by atoms with E-state index in [1.807, 2.05) is 25.6 Å². The molecule has 0 radical (unpaired) electrons. The third kappa shape index (κ3) is 3.60. The number of thioether (sulfide) groups is 1. The molecule has 100 valence electrons. The number of rotatable bonds is 4. The molecular formula is C13H25NO2S. The van der Waals surface area contributed by atoms with Gasteiger partial charge in [-0.05, 0) is 32.9 Å². The molecule has 2 fully saturated rings. The van der Waals surface area contributed by atoms with E-state index in [4.69, 9.17) is 9.47 Å². The van der Waals surface area contributed by atoms with Gasteiger partial charge in [0.25, 0.3) is 0 Å². The molecule has 17 heavy (non-hydrogen) atoms. The summed E-state index contributed by atoms with van der Waals surface area (Å²) in [6.45, 7) is 6.56. The summed E-state index contributed by atoms with van der Waals surface area (Å²) in [7, 11) is 0. The molecule has 1 aliphatic heterocycles. The highest BCUT2D eigenvalue weighted by Gasteiger charge is 2.34. The lowest BCUT2D eigenvalue weighted by Gasteiger charge is -2.37. The number of nitrogens with one attached hydrogen (secondary N) is 1. The molecule has 1 saturated heterocycles. The minimum Gasteiger partial charge on any atom is -0.349 e. The Morgan fingerprint density at radius 1 is 1.18 bits per heavy atom. The number of ether oxygens (including phenoxy) is 2. The highest BCUT2D eigenvalue weighted by Crippen LogP contribution is 2.39. The van der Waals surface area contributed by atoms with Gasteiger partial charge in [-0.15, -0.1) is 0 Å². The highest BCUT2D eigenvalue weighted by molar-refractivity contribution is 8.00. The zero-order valence-electron chi connectivity index (χ0n) is 11.3. The molecule has 1 aliphatic carbocycles. The summed E-state index contributed by atoms with van der Waals surface area (Å²) < 4.78 is 11.8. The monoisotopic (exact) mass is 259 g/mol. The quantitative estimate of drug-likeness (QED) is 0.840. The first-order chi connectivity index (χ1) is 8.05. The predicted octanol–water partition coefficient (Wildman–Crippen LogP) is 2.40. The second-order valence-electron chi connectivity index (χ2n) is 5.69. The Morgan fingerprint density at radius 3 is 2.29 bits per heavy atom. The van der Waals surface area contributed by atoms with E-state index < -0.39 is 5.79 Å². The summed E-state index contributed by atoms with van der Waals surface area (Å²) in [5, 5.41) is 3.62. The molecule has 0 unspecified atom stereocenters. The van der Waals surface area contributed by atoms with Crippen LogP contribution in [-0.2, 0) is 9.47 Å². The van der Waals surface area contributed by atoms with Gasteiger partial charge in [-0.1, -0.05) is 12.8 Å². The van der Waals surface area contributed by atoms with E-state index in [1.54, 1.807) is 0 Å². The molecule has 4 heteroatoms. The summed E-state index contributed by atoms with van der Waals surface area (Å²) in [6, 6.07) is 0.354. The molecule has 0 aromatic carbocycles. The molecular weight excluding hydrogens is 234 g/mol. The van der Waals surface area contributed by atoms with Gasteiger partial charge in [0.15, 0.2) is 5.79 Å². The smallest absolute Gasteiger partial charge is 0.162 e. The maximum atomic E-state index is 5.67. The van der Waals surface area contributed by atoms with Gasteiger partial charge >= 0.3 is 0 Å². The van der Waals surface area contributed by atoms with Gasteiger partial charge in [-0.3, -0.25) is 0 Å². The van der Waals surface area contributed by atoms with E-state index in [9.17, 15) is 0 Å². The van der Waals surface area contributed by atoms with Crippen LogP contribution in [0.3, 0.4) is 0 Å². The lowest BCUT2D eigenvalue weighted by molar-refractivity contribution is -0.252. The van der Waals surface area contributed by atoms with Crippen molar-refractivity contribution < 1.29 is 9.47 Å². The molecule has 2 rings (SSSR count). The first kappa shape index (κ1) is 13.7. The van der Waals surface area contributed by atoms with Crippen LogP contribution in [-0.4, -0.2) is 42.6 Å². The molecule has 0 spiro atoms. The Kier molecular flexibility index (Phi) is 4.40. The minimum atomic E-state index is -0.400. The second-order valence-corrected chi connectivity index (χ2v) is 6.97. The summed E-state index contributed by atoms with van der Waals surface area (Å²) in [4.78, 5) is 0.